The smallest absolute Gasteiger partial charge is 0.317 e. The first-order valence-corrected chi connectivity index (χ1v) is 8.28. The van der Waals surface area contributed by atoms with Crippen LogP contribution in [0.15, 0.2) is 36.0 Å². The summed E-state index contributed by atoms with van der Waals surface area (Å²) in [5.74, 6) is 0. The molecule has 2 amide bonds. The Balaban J connectivity index is 1.40. The van der Waals surface area contributed by atoms with Crippen molar-refractivity contribution in [2.45, 2.75) is 6.42 Å². The van der Waals surface area contributed by atoms with Gasteiger partial charge in [0.1, 0.15) is 0 Å². The first-order valence-electron chi connectivity index (χ1n) is 7.40. The van der Waals surface area contributed by atoms with E-state index < -0.39 is 0 Å². The minimum Gasteiger partial charge on any atom is -0.345 e. The molecule has 0 aromatic carbocycles. The van der Waals surface area contributed by atoms with Crippen LogP contribution in [-0.2, 0) is 6.42 Å². The molecule has 1 N–H and O–H groups in total. The summed E-state index contributed by atoms with van der Waals surface area (Å²) in [4.78, 5) is 24.8. The molecular formula is C15H19N5OS. The number of rotatable bonds is 4. The molecule has 2 aromatic heterocycles. The van der Waals surface area contributed by atoms with Gasteiger partial charge in [-0.25, -0.2) is 9.78 Å². The summed E-state index contributed by atoms with van der Waals surface area (Å²) in [5.41, 5.74) is 0.997. The number of carbonyl (C=O) groups is 1. The van der Waals surface area contributed by atoms with Gasteiger partial charge in [0, 0.05) is 62.6 Å². The van der Waals surface area contributed by atoms with E-state index in [0.717, 1.165) is 43.4 Å². The topological polar surface area (TPSA) is 61.4 Å². The average molecular weight is 317 g/mol. The number of thiazole rings is 1. The van der Waals surface area contributed by atoms with Crippen molar-refractivity contribution in [3.8, 4) is 0 Å². The SMILES string of the molecule is O=C(NCCc1ccccn1)N1CCN(c2nccs2)CC1. The average Bonchev–Trinajstić information content (AvgIpc) is 3.10. The minimum absolute atomic E-state index is 0.00900. The lowest BCUT2D eigenvalue weighted by atomic mass is 10.3. The maximum absolute atomic E-state index is 12.1. The van der Waals surface area contributed by atoms with E-state index in [4.69, 9.17) is 0 Å². The van der Waals surface area contributed by atoms with Gasteiger partial charge in [-0.2, -0.15) is 0 Å². The van der Waals surface area contributed by atoms with Crippen LogP contribution < -0.4 is 10.2 Å². The van der Waals surface area contributed by atoms with Crippen molar-refractivity contribution < 1.29 is 4.79 Å². The molecule has 1 aliphatic heterocycles. The van der Waals surface area contributed by atoms with E-state index in [9.17, 15) is 4.79 Å². The Kier molecular flexibility index (Phi) is 4.85. The summed E-state index contributed by atoms with van der Waals surface area (Å²) in [5, 5.41) is 5.98. The molecule has 0 spiro atoms. The summed E-state index contributed by atoms with van der Waals surface area (Å²) >= 11 is 1.64. The fraction of sp³-hybridized carbons (Fsp3) is 0.400. The molecular weight excluding hydrogens is 298 g/mol. The van der Waals surface area contributed by atoms with Gasteiger partial charge in [-0.05, 0) is 12.1 Å². The van der Waals surface area contributed by atoms with Gasteiger partial charge in [-0.15, -0.1) is 11.3 Å². The third-order valence-electron chi connectivity index (χ3n) is 3.64. The Morgan fingerprint density at radius 3 is 2.73 bits per heavy atom. The van der Waals surface area contributed by atoms with Crippen molar-refractivity contribution in [2.24, 2.45) is 0 Å². The molecule has 0 radical (unpaired) electrons. The number of pyridine rings is 1. The van der Waals surface area contributed by atoms with Gasteiger partial charge in [0.2, 0.25) is 0 Å². The lowest BCUT2D eigenvalue weighted by molar-refractivity contribution is 0.194. The van der Waals surface area contributed by atoms with Crippen molar-refractivity contribution >= 4 is 22.5 Å². The van der Waals surface area contributed by atoms with E-state index in [1.54, 1.807) is 17.5 Å². The highest BCUT2D eigenvalue weighted by Gasteiger charge is 2.21. The molecule has 6 nitrogen and oxygen atoms in total. The number of aromatic nitrogens is 2. The second-order valence-electron chi connectivity index (χ2n) is 5.09. The molecule has 1 aliphatic rings. The number of anilines is 1. The van der Waals surface area contributed by atoms with E-state index in [2.05, 4.69) is 20.2 Å². The first-order chi connectivity index (χ1) is 10.8. The molecule has 3 heterocycles. The van der Waals surface area contributed by atoms with Gasteiger partial charge in [0.15, 0.2) is 5.13 Å². The standard InChI is InChI=1S/C15H19N5OS/c21-14(17-6-4-13-3-1-2-5-16-13)19-8-10-20(11-9-19)15-18-7-12-22-15/h1-3,5,7,12H,4,6,8-11H2,(H,17,21). The number of piperazine rings is 1. The highest BCUT2D eigenvalue weighted by molar-refractivity contribution is 7.13. The van der Waals surface area contributed by atoms with Gasteiger partial charge in [0.25, 0.3) is 0 Å². The normalized spacial score (nSPS) is 14.9. The first kappa shape index (κ1) is 14.8. The second kappa shape index (κ2) is 7.22. The molecule has 0 unspecified atom stereocenters. The van der Waals surface area contributed by atoms with Crippen LogP contribution in [0.2, 0.25) is 0 Å². The molecule has 22 heavy (non-hydrogen) atoms. The molecule has 1 saturated heterocycles. The summed E-state index contributed by atoms with van der Waals surface area (Å²) in [6, 6.07) is 5.83. The van der Waals surface area contributed by atoms with Gasteiger partial charge in [0.05, 0.1) is 0 Å². The predicted octanol–water partition coefficient (Wildman–Crippen LogP) is 1.61. The molecule has 1 fully saturated rings. The largest absolute Gasteiger partial charge is 0.345 e. The van der Waals surface area contributed by atoms with Crippen molar-refractivity contribution in [3.05, 3.63) is 41.7 Å². The zero-order valence-corrected chi connectivity index (χ0v) is 13.1. The van der Waals surface area contributed by atoms with Crippen LogP contribution >= 0.6 is 11.3 Å². The number of carbonyl (C=O) groups excluding carboxylic acids is 1. The number of nitrogens with one attached hydrogen (secondary N) is 1. The molecule has 116 valence electrons. The Morgan fingerprint density at radius 2 is 2.05 bits per heavy atom. The minimum atomic E-state index is 0.00900. The second-order valence-corrected chi connectivity index (χ2v) is 5.96. The number of hydrogen-bond acceptors (Lipinski definition) is 5. The number of nitrogens with zero attached hydrogens (tertiary/aromatic N) is 4. The lowest BCUT2D eigenvalue weighted by Gasteiger charge is -2.34. The highest BCUT2D eigenvalue weighted by Crippen LogP contribution is 2.18. The number of hydrogen-bond donors (Lipinski definition) is 1. The van der Waals surface area contributed by atoms with E-state index in [1.165, 1.54) is 0 Å². The van der Waals surface area contributed by atoms with E-state index in [0.29, 0.717) is 6.54 Å². The van der Waals surface area contributed by atoms with Crippen LogP contribution in [0.1, 0.15) is 5.69 Å². The van der Waals surface area contributed by atoms with Crippen LogP contribution in [0, 0.1) is 0 Å². The number of urea groups is 1. The van der Waals surface area contributed by atoms with Crippen molar-refractivity contribution in [1.82, 2.24) is 20.2 Å². The molecule has 0 atom stereocenters. The third kappa shape index (κ3) is 3.73. The molecule has 7 heteroatoms. The van der Waals surface area contributed by atoms with Gasteiger partial charge < -0.3 is 15.1 Å². The maximum atomic E-state index is 12.1. The summed E-state index contributed by atoms with van der Waals surface area (Å²) in [6.45, 7) is 3.74. The van der Waals surface area contributed by atoms with Gasteiger partial charge in [-0.1, -0.05) is 6.07 Å². The predicted molar refractivity (Wildman–Crippen MR) is 87.2 cm³/mol. The van der Waals surface area contributed by atoms with E-state index >= 15 is 0 Å². The third-order valence-corrected chi connectivity index (χ3v) is 4.47. The van der Waals surface area contributed by atoms with Crippen molar-refractivity contribution in [2.75, 3.05) is 37.6 Å². The fourth-order valence-corrected chi connectivity index (χ4v) is 3.13. The Morgan fingerprint density at radius 1 is 1.18 bits per heavy atom. The Labute approximate surface area is 133 Å². The zero-order chi connectivity index (χ0) is 15.2. The van der Waals surface area contributed by atoms with Crippen LogP contribution in [-0.4, -0.2) is 53.6 Å². The van der Waals surface area contributed by atoms with Gasteiger partial charge in [-0.3, -0.25) is 4.98 Å². The molecule has 0 bridgehead atoms. The molecule has 3 rings (SSSR count). The van der Waals surface area contributed by atoms with Crippen LogP contribution in [0.5, 0.6) is 0 Å². The molecule has 0 saturated carbocycles. The van der Waals surface area contributed by atoms with E-state index in [1.807, 2.05) is 34.7 Å². The van der Waals surface area contributed by atoms with Crippen LogP contribution in [0.4, 0.5) is 9.93 Å². The van der Waals surface area contributed by atoms with Crippen molar-refractivity contribution in [1.29, 1.82) is 0 Å². The van der Waals surface area contributed by atoms with Crippen molar-refractivity contribution in [3.63, 3.8) is 0 Å². The monoisotopic (exact) mass is 317 g/mol. The van der Waals surface area contributed by atoms with Crippen LogP contribution in [0.3, 0.4) is 0 Å². The summed E-state index contributed by atoms with van der Waals surface area (Å²) in [6.07, 6.45) is 4.34. The lowest BCUT2D eigenvalue weighted by Crippen LogP contribution is -2.52. The van der Waals surface area contributed by atoms with E-state index in [-0.39, 0.29) is 6.03 Å². The zero-order valence-electron chi connectivity index (χ0n) is 12.3. The van der Waals surface area contributed by atoms with Crippen LogP contribution in [0.25, 0.3) is 0 Å². The quantitative estimate of drug-likeness (QED) is 0.931. The Bertz CT molecular complexity index is 581. The maximum Gasteiger partial charge on any atom is 0.317 e. The Hall–Kier alpha value is -2.15. The van der Waals surface area contributed by atoms with Gasteiger partial charge >= 0.3 is 6.03 Å². The number of amides is 2. The molecule has 2 aromatic rings. The highest BCUT2D eigenvalue weighted by atomic mass is 32.1. The fourth-order valence-electron chi connectivity index (χ4n) is 2.43. The molecule has 0 aliphatic carbocycles. The summed E-state index contributed by atoms with van der Waals surface area (Å²) in [7, 11) is 0. The summed E-state index contributed by atoms with van der Waals surface area (Å²) < 4.78 is 0.